The summed E-state index contributed by atoms with van der Waals surface area (Å²) in [5, 5.41) is 8.45. The van der Waals surface area contributed by atoms with Crippen LogP contribution in [0.15, 0.2) is 12.3 Å². The molecule has 1 saturated heterocycles. The average molecular weight is 143 g/mol. The number of aliphatic hydroxyl groups is 1. The lowest BCUT2D eigenvalue weighted by Crippen LogP contribution is -2.27. The Hall–Kier alpha value is -1.03. The number of cyclic esters (lactones) is 1. The Morgan fingerprint density at radius 2 is 2.50 bits per heavy atom. The van der Waals surface area contributed by atoms with Gasteiger partial charge in [-0.25, -0.2) is 4.79 Å². The first-order valence-corrected chi connectivity index (χ1v) is 2.99. The molecule has 1 heterocycles. The predicted molar refractivity (Wildman–Crippen MR) is 34.3 cm³/mol. The Bertz CT molecular complexity index is 166. The van der Waals surface area contributed by atoms with Crippen molar-refractivity contribution in [1.82, 2.24) is 4.90 Å². The van der Waals surface area contributed by atoms with Crippen LogP contribution >= 0.6 is 0 Å². The molecule has 1 fully saturated rings. The number of rotatable bonds is 2. The van der Waals surface area contributed by atoms with Gasteiger partial charge in [0.25, 0.3) is 0 Å². The van der Waals surface area contributed by atoms with E-state index >= 15 is 0 Å². The van der Waals surface area contributed by atoms with Crippen LogP contribution in [-0.2, 0) is 4.74 Å². The smallest absolute Gasteiger partial charge is 0.413 e. The molecule has 1 amide bonds. The van der Waals surface area contributed by atoms with Gasteiger partial charge in [-0.15, -0.1) is 0 Å². The Morgan fingerprint density at radius 3 is 2.90 bits per heavy atom. The monoisotopic (exact) mass is 143 g/mol. The summed E-state index contributed by atoms with van der Waals surface area (Å²) >= 11 is 0. The summed E-state index contributed by atoms with van der Waals surface area (Å²) in [5.74, 6) is 0.443. The highest BCUT2D eigenvalue weighted by molar-refractivity contribution is 5.71. The number of aliphatic hydroxyl groups excluding tert-OH is 1. The van der Waals surface area contributed by atoms with Gasteiger partial charge in [-0.1, -0.05) is 6.58 Å². The second-order valence-corrected chi connectivity index (χ2v) is 2.05. The van der Waals surface area contributed by atoms with E-state index < -0.39 is 6.09 Å². The van der Waals surface area contributed by atoms with Gasteiger partial charge in [0.1, 0.15) is 5.76 Å². The average Bonchev–Trinajstić information content (AvgIpc) is 2.13. The summed E-state index contributed by atoms with van der Waals surface area (Å²) < 4.78 is 4.61. The molecule has 0 aliphatic carbocycles. The number of nitrogens with zero attached hydrogens (tertiary/aromatic N) is 1. The minimum absolute atomic E-state index is 0.0393. The summed E-state index contributed by atoms with van der Waals surface area (Å²) in [6, 6.07) is 0. The van der Waals surface area contributed by atoms with E-state index in [1.54, 1.807) is 0 Å². The summed E-state index contributed by atoms with van der Waals surface area (Å²) in [6.07, 6.45) is -0.418. The van der Waals surface area contributed by atoms with Crippen LogP contribution in [0.2, 0.25) is 0 Å². The molecule has 56 valence electrons. The molecule has 0 aromatic heterocycles. The third-order valence-electron chi connectivity index (χ3n) is 1.23. The fourth-order valence-corrected chi connectivity index (χ4v) is 0.789. The van der Waals surface area contributed by atoms with Gasteiger partial charge in [-0.2, -0.15) is 0 Å². The van der Waals surface area contributed by atoms with Gasteiger partial charge in [-0.3, -0.25) is 4.90 Å². The molecule has 0 aromatic carbocycles. The molecule has 10 heavy (non-hydrogen) atoms. The Kier molecular flexibility index (Phi) is 1.91. The van der Waals surface area contributed by atoms with Crippen LogP contribution < -0.4 is 0 Å². The number of β-amino-alcohol motifs (C(OH)–C–C–N with tert-alkyl or cyclic N) is 1. The van der Waals surface area contributed by atoms with Gasteiger partial charge in [0.2, 0.25) is 0 Å². The SMILES string of the molecule is C=C1CN(CCO)C(=O)O1. The van der Waals surface area contributed by atoms with Gasteiger partial charge in [0.05, 0.1) is 13.2 Å². The van der Waals surface area contributed by atoms with E-state index in [0.717, 1.165) is 0 Å². The second-order valence-electron chi connectivity index (χ2n) is 2.05. The van der Waals surface area contributed by atoms with E-state index in [1.165, 1.54) is 4.90 Å². The van der Waals surface area contributed by atoms with Gasteiger partial charge >= 0.3 is 6.09 Å². The van der Waals surface area contributed by atoms with Gasteiger partial charge in [0, 0.05) is 6.54 Å². The first-order chi connectivity index (χ1) is 4.74. The van der Waals surface area contributed by atoms with Crippen molar-refractivity contribution in [3.05, 3.63) is 12.3 Å². The van der Waals surface area contributed by atoms with E-state index in [1.807, 2.05) is 0 Å². The van der Waals surface area contributed by atoms with Crippen molar-refractivity contribution < 1.29 is 14.6 Å². The van der Waals surface area contributed by atoms with Crippen molar-refractivity contribution in [2.24, 2.45) is 0 Å². The third-order valence-corrected chi connectivity index (χ3v) is 1.23. The number of amides is 1. The predicted octanol–water partition coefficient (Wildman–Crippen LogP) is -0.0554. The normalized spacial score (nSPS) is 17.9. The molecule has 0 bridgehead atoms. The molecule has 4 heteroatoms. The number of carbonyl (C=O) groups is 1. The lowest BCUT2D eigenvalue weighted by molar-refractivity contribution is 0.158. The maximum Gasteiger partial charge on any atom is 0.415 e. The van der Waals surface area contributed by atoms with Gasteiger partial charge in [0.15, 0.2) is 0 Å². The first-order valence-electron chi connectivity index (χ1n) is 2.99. The molecule has 4 nitrogen and oxygen atoms in total. The minimum atomic E-state index is -0.418. The lowest BCUT2D eigenvalue weighted by atomic mass is 10.5. The Morgan fingerprint density at radius 1 is 1.80 bits per heavy atom. The van der Waals surface area contributed by atoms with Crippen molar-refractivity contribution >= 4 is 6.09 Å². The summed E-state index contributed by atoms with van der Waals surface area (Å²) in [7, 11) is 0. The summed E-state index contributed by atoms with van der Waals surface area (Å²) in [5.41, 5.74) is 0. The zero-order chi connectivity index (χ0) is 7.56. The van der Waals surface area contributed by atoms with Crippen LogP contribution in [0.3, 0.4) is 0 Å². The Labute approximate surface area is 58.7 Å². The molecular formula is C6H9NO3. The number of hydrogen-bond donors (Lipinski definition) is 1. The number of hydrogen-bond acceptors (Lipinski definition) is 3. The van der Waals surface area contributed by atoms with Gasteiger partial charge < -0.3 is 9.84 Å². The standard InChI is InChI=1S/C6H9NO3/c1-5-4-7(2-3-8)6(9)10-5/h8H,1-4H2. The van der Waals surface area contributed by atoms with Crippen molar-refractivity contribution in [1.29, 1.82) is 0 Å². The van der Waals surface area contributed by atoms with E-state index in [2.05, 4.69) is 11.3 Å². The van der Waals surface area contributed by atoms with Crippen LogP contribution in [0.5, 0.6) is 0 Å². The van der Waals surface area contributed by atoms with E-state index in [-0.39, 0.29) is 6.61 Å². The first kappa shape index (κ1) is 7.08. The van der Waals surface area contributed by atoms with Crippen molar-refractivity contribution in [3.8, 4) is 0 Å². The molecule has 0 atom stereocenters. The number of carbonyl (C=O) groups excluding carboxylic acids is 1. The summed E-state index contributed by atoms with van der Waals surface area (Å²) in [4.78, 5) is 12.1. The van der Waals surface area contributed by atoms with E-state index in [9.17, 15) is 4.79 Å². The van der Waals surface area contributed by atoms with Crippen molar-refractivity contribution in [2.75, 3.05) is 19.7 Å². The quantitative estimate of drug-likeness (QED) is 0.589. The molecule has 1 aliphatic rings. The summed E-state index contributed by atoms with van der Waals surface area (Å²) in [6.45, 7) is 4.15. The zero-order valence-corrected chi connectivity index (χ0v) is 5.54. The van der Waals surface area contributed by atoms with Crippen LogP contribution in [0.4, 0.5) is 4.79 Å². The largest absolute Gasteiger partial charge is 0.415 e. The van der Waals surface area contributed by atoms with Crippen LogP contribution in [-0.4, -0.2) is 35.8 Å². The molecule has 0 spiro atoms. The van der Waals surface area contributed by atoms with Crippen molar-refractivity contribution in [2.45, 2.75) is 0 Å². The third kappa shape index (κ3) is 1.27. The molecule has 0 aromatic rings. The van der Waals surface area contributed by atoms with E-state index in [4.69, 9.17) is 5.11 Å². The van der Waals surface area contributed by atoms with E-state index in [0.29, 0.717) is 18.8 Å². The fourth-order valence-electron chi connectivity index (χ4n) is 0.789. The van der Waals surface area contributed by atoms with Crippen LogP contribution in [0.25, 0.3) is 0 Å². The zero-order valence-electron chi connectivity index (χ0n) is 5.54. The second kappa shape index (κ2) is 2.70. The highest BCUT2D eigenvalue weighted by atomic mass is 16.6. The lowest BCUT2D eigenvalue weighted by Gasteiger charge is -2.07. The highest BCUT2D eigenvalue weighted by Crippen LogP contribution is 2.10. The molecular weight excluding hydrogens is 134 g/mol. The minimum Gasteiger partial charge on any atom is -0.413 e. The van der Waals surface area contributed by atoms with Crippen LogP contribution in [0.1, 0.15) is 0 Å². The molecule has 0 unspecified atom stereocenters. The molecule has 1 aliphatic heterocycles. The Balaban J connectivity index is 2.46. The molecule has 1 N–H and O–H groups in total. The fraction of sp³-hybridized carbons (Fsp3) is 0.500. The number of ether oxygens (including phenoxy) is 1. The van der Waals surface area contributed by atoms with Gasteiger partial charge in [-0.05, 0) is 0 Å². The molecule has 0 saturated carbocycles. The topological polar surface area (TPSA) is 49.8 Å². The molecule has 1 rings (SSSR count). The van der Waals surface area contributed by atoms with Crippen LogP contribution in [0, 0.1) is 0 Å². The highest BCUT2D eigenvalue weighted by Gasteiger charge is 2.24. The maximum absolute atomic E-state index is 10.7. The maximum atomic E-state index is 10.7. The van der Waals surface area contributed by atoms with Crippen molar-refractivity contribution in [3.63, 3.8) is 0 Å². The molecule has 0 radical (unpaired) electrons.